The lowest BCUT2D eigenvalue weighted by atomic mass is 10.3. The maximum Gasteiger partial charge on any atom is 0.409 e. The molecule has 0 atom stereocenters. The van der Waals surface area contributed by atoms with Crippen LogP contribution >= 0.6 is 11.3 Å². The van der Waals surface area contributed by atoms with Crippen molar-refractivity contribution in [2.24, 2.45) is 0 Å². The first-order valence-corrected chi connectivity index (χ1v) is 7.30. The van der Waals surface area contributed by atoms with Gasteiger partial charge in [0.2, 0.25) is 5.01 Å². The van der Waals surface area contributed by atoms with E-state index >= 15 is 0 Å². The predicted octanol–water partition coefficient (Wildman–Crippen LogP) is 1.12. The second-order valence-electron chi connectivity index (χ2n) is 4.41. The minimum atomic E-state index is -0.992. The zero-order valence-corrected chi connectivity index (χ0v) is 12.1. The standard InChI is InChI=1S/C12H17N3O4S/c1-2-19-12(18)15-5-3-14(4-6-15)7-9-8-20-10(13-9)11(16)17/h8H,2-7H2,1H3,(H,16,17). The van der Waals surface area contributed by atoms with Gasteiger partial charge in [0.05, 0.1) is 12.3 Å². The van der Waals surface area contributed by atoms with Gasteiger partial charge in [-0.25, -0.2) is 14.6 Å². The number of rotatable bonds is 4. The summed E-state index contributed by atoms with van der Waals surface area (Å²) in [5.41, 5.74) is 0.761. The Kier molecular flexibility index (Phi) is 4.91. The van der Waals surface area contributed by atoms with Gasteiger partial charge in [0.15, 0.2) is 0 Å². The van der Waals surface area contributed by atoms with Crippen LogP contribution in [0.1, 0.15) is 22.4 Å². The monoisotopic (exact) mass is 299 g/mol. The molecule has 0 unspecified atom stereocenters. The topological polar surface area (TPSA) is 83.0 Å². The first kappa shape index (κ1) is 14.7. The van der Waals surface area contributed by atoms with Crippen LogP contribution in [0.15, 0.2) is 5.38 Å². The highest BCUT2D eigenvalue weighted by Gasteiger charge is 2.22. The fourth-order valence-corrected chi connectivity index (χ4v) is 2.66. The van der Waals surface area contributed by atoms with Gasteiger partial charge in [0.25, 0.3) is 0 Å². The van der Waals surface area contributed by atoms with E-state index in [-0.39, 0.29) is 11.1 Å². The van der Waals surface area contributed by atoms with Crippen LogP contribution in [0.2, 0.25) is 0 Å². The molecule has 7 nitrogen and oxygen atoms in total. The molecule has 0 spiro atoms. The lowest BCUT2D eigenvalue weighted by Crippen LogP contribution is -2.48. The number of nitrogens with zero attached hydrogens (tertiary/aromatic N) is 3. The van der Waals surface area contributed by atoms with Crippen LogP contribution in [0.5, 0.6) is 0 Å². The number of carboxylic acid groups (broad SMARTS) is 1. The Morgan fingerprint density at radius 3 is 2.65 bits per heavy atom. The Morgan fingerprint density at radius 1 is 1.40 bits per heavy atom. The number of aromatic nitrogens is 1. The third-order valence-corrected chi connectivity index (χ3v) is 3.90. The van der Waals surface area contributed by atoms with Crippen LogP contribution in [0.25, 0.3) is 0 Å². The van der Waals surface area contributed by atoms with Crippen molar-refractivity contribution in [3.63, 3.8) is 0 Å². The molecule has 20 heavy (non-hydrogen) atoms. The fraction of sp³-hybridized carbons (Fsp3) is 0.583. The Balaban J connectivity index is 1.82. The van der Waals surface area contributed by atoms with Gasteiger partial charge in [-0.15, -0.1) is 11.3 Å². The van der Waals surface area contributed by atoms with Crippen LogP contribution in [-0.2, 0) is 11.3 Å². The number of ether oxygens (including phenoxy) is 1. The highest BCUT2D eigenvalue weighted by atomic mass is 32.1. The molecule has 8 heteroatoms. The summed E-state index contributed by atoms with van der Waals surface area (Å²) in [6, 6.07) is 0. The molecule has 1 fully saturated rings. The van der Waals surface area contributed by atoms with Crippen molar-refractivity contribution in [2.45, 2.75) is 13.5 Å². The molecule has 1 aromatic rings. The third kappa shape index (κ3) is 3.67. The van der Waals surface area contributed by atoms with Gasteiger partial charge in [0.1, 0.15) is 0 Å². The van der Waals surface area contributed by atoms with Crippen molar-refractivity contribution in [3.8, 4) is 0 Å². The number of carbonyl (C=O) groups excluding carboxylic acids is 1. The summed E-state index contributed by atoms with van der Waals surface area (Å²) in [5.74, 6) is -0.992. The molecule has 2 heterocycles. The van der Waals surface area contributed by atoms with Crippen molar-refractivity contribution in [2.75, 3.05) is 32.8 Å². The molecule has 0 radical (unpaired) electrons. The van der Waals surface area contributed by atoms with Crippen molar-refractivity contribution in [1.82, 2.24) is 14.8 Å². The third-order valence-electron chi connectivity index (χ3n) is 3.02. The van der Waals surface area contributed by atoms with E-state index in [2.05, 4.69) is 9.88 Å². The summed E-state index contributed by atoms with van der Waals surface area (Å²) >= 11 is 1.14. The Hall–Kier alpha value is -1.67. The van der Waals surface area contributed by atoms with Crippen molar-refractivity contribution in [3.05, 3.63) is 16.1 Å². The largest absolute Gasteiger partial charge is 0.476 e. The quantitative estimate of drug-likeness (QED) is 0.897. The van der Waals surface area contributed by atoms with E-state index in [9.17, 15) is 9.59 Å². The van der Waals surface area contributed by atoms with Crippen molar-refractivity contribution < 1.29 is 19.4 Å². The van der Waals surface area contributed by atoms with Gasteiger partial charge >= 0.3 is 12.1 Å². The average molecular weight is 299 g/mol. The average Bonchev–Trinajstić information content (AvgIpc) is 2.88. The molecule has 0 saturated carbocycles. The molecular formula is C12H17N3O4S. The summed E-state index contributed by atoms with van der Waals surface area (Å²) in [6.45, 7) is 5.49. The molecule has 0 aromatic carbocycles. The van der Waals surface area contributed by atoms with Crippen LogP contribution in [0, 0.1) is 0 Å². The zero-order chi connectivity index (χ0) is 14.5. The first-order chi connectivity index (χ1) is 9.60. The van der Waals surface area contributed by atoms with E-state index in [1.54, 1.807) is 17.2 Å². The van der Waals surface area contributed by atoms with Gasteiger partial charge in [-0.05, 0) is 6.92 Å². The van der Waals surface area contributed by atoms with Crippen molar-refractivity contribution >= 4 is 23.4 Å². The lowest BCUT2D eigenvalue weighted by molar-refractivity contribution is 0.0692. The molecule has 2 rings (SSSR count). The molecule has 0 bridgehead atoms. The van der Waals surface area contributed by atoms with E-state index in [1.807, 2.05) is 0 Å². The Labute approximate surface area is 120 Å². The van der Waals surface area contributed by atoms with Gasteiger partial charge in [0, 0.05) is 38.1 Å². The van der Waals surface area contributed by atoms with Gasteiger partial charge in [-0.1, -0.05) is 0 Å². The minimum Gasteiger partial charge on any atom is -0.476 e. The maximum absolute atomic E-state index is 11.6. The molecule has 110 valence electrons. The second-order valence-corrected chi connectivity index (χ2v) is 5.27. The normalized spacial score (nSPS) is 16.1. The number of piperazine rings is 1. The summed E-state index contributed by atoms with van der Waals surface area (Å²) in [6.07, 6.45) is -0.269. The van der Waals surface area contributed by atoms with E-state index in [4.69, 9.17) is 9.84 Å². The summed E-state index contributed by atoms with van der Waals surface area (Å²) in [5, 5.41) is 10.7. The van der Waals surface area contributed by atoms with Gasteiger partial charge < -0.3 is 14.7 Å². The minimum absolute atomic E-state index is 0.116. The number of thiazole rings is 1. The van der Waals surface area contributed by atoms with Crippen LogP contribution < -0.4 is 0 Å². The van der Waals surface area contributed by atoms with E-state index in [0.29, 0.717) is 26.2 Å². The predicted molar refractivity (Wildman–Crippen MR) is 72.9 cm³/mol. The number of carbonyl (C=O) groups is 2. The number of carboxylic acids is 1. The highest BCUT2D eigenvalue weighted by Crippen LogP contribution is 2.13. The first-order valence-electron chi connectivity index (χ1n) is 6.42. The molecular weight excluding hydrogens is 282 g/mol. The van der Waals surface area contributed by atoms with Crippen molar-refractivity contribution in [1.29, 1.82) is 0 Å². The molecule has 1 N–H and O–H groups in total. The Morgan fingerprint density at radius 2 is 2.10 bits per heavy atom. The molecule has 1 aromatic heterocycles. The smallest absolute Gasteiger partial charge is 0.409 e. The number of amides is 1. The van der Waals surface area contributed by atoms with Gasteiger partial charge in [-0.3, -0.25) is 4.90 Å². The molecule has 1 saturated heterocycles. The SMILES string of the molecule is CCOC(=O)N1CCN(Cc2csc(C(=O)O)n2)CC1. The fourth-order valence-electron chi connectivity index (χ4n) is 2.01. The summed E-state index contributed by atoms with van der Waals surface area (Å²) in [7, 11) is 0. The summed E-state index contributed by atoms with van der Waals surface area (Å²) in [4.78, 5) is 30.2. The molecule has 1 aliphatic rings. The van der Waals surface area contributed by atoms with Crippen LogP contribution in [0.3, 0.4) is 0 Å². The van der Waals surface area contributed by atoms with E-state index < -0.39 is 5.97 Å². The van der Waals surface area contributed by atoms with Crippen LogP contribution in [0.4, 0.5) is 4.79 Å². The van der Waals surface area contributed by atoms with Gasteiger partial charge in [-0.2, -0.15) is 0 Å². The number of hydrogen-bond donors (Lipinski definition) is 1. The molecule has 1 amide bonds. The number of hydrogen-bond acceptors (Lipinski definition) is 6. The maximum atomic E-state index is 11.6. The summed E-state index contributed by atoms with van der Waals surface area (Å²) < 4.78 is 4.96. The molecule has 1 aliphatic heterocycles. The molecule has 0 aliphatic carbocycles. The van der Waals surface area contributed by atoms with E-state index in [0.717, 1.165) is 30.1 Å². The highest BCUT2D eigenvalue weighted by molar-refractivity contribution is 7.11. The second kappa shape index (κ2) is 6.67. The van der Waals surface area contributed by atoms with Crippen LogP contribution in [-0.4, -0.2) is 64.7 Å². The number of aromatic carboxylic acids is 1. The lowest BCUT2D eigenvalue weighted by Gasteiger charge is -2.33. The Bertz CT molecular complexity index is 483. The van der Waals surface area contributed by atoms with E-state index in [1.165, 1.54) is 0 Å². The zero-order valence-electron chi connectivity index (χ0n) is 11.2.